The molecule has 1 atom stereocenters. The summed E-state index contributed by atoms with van der Waals surface area (Å²) in [6, 6.07) is 3.28. The molecule has 2 rings (SSSR count). The summed E-state index contributed by atoms with van der Waals surface area (Å²) in [6.07, 6.45) is -1.18. The molecular weight excluding hydrogens is 310 g/mol. The van der Waals surface area contributed by atoms with Gasteiger partial charge < -0.3 is 10.5 Å². The molecule has 0 spiro atoms. The highest BCUT2D eigenvalue weighted by Crippen LogP contribution is 2.33. The maximum atomic E-state index is 11.2. The molecule has 0 saturated heterocycles. The fraction of sp³-hybridized carbons (Fsp3) is 0.300. The Morgan fingerprint density at radius 3 is 2.20 bits per heavy atom. The first-order valence-corrected chi connectivity index (χ1v) is 8.20. The molecule has 10 heteroatoms. The Morgan fingerprint density at radius 1 is 1.10 bits per heavy atom. The SMILES string of the molecule is N=C1CC(O)(S(=O)(=O)O)Cc2cc(S(=O)(=O)O)ccc21. The van der Waals surface area contributed by atoms with Crippen molar-refractivity contribution < 1.29 is 31.0 Å². The molecule has 0 radical (unpaired) electrons. The van der Waals surface area contributed by atoms with E-state index in [9.17, 15) is 21.9 Å². The minimum atomic E-state index is -4.85. The van der Waals surface area contributed by atoms with Gasteiger partial charge in [-0.05, 0) is 23.3 Å². The lowest BCUT2D eigenvalue weighted by Gasteiger charge is -2.31. The first-order chi connectivity index (χ1) is 8.94. The van der Waals surface area contributed by atoms with Crippen LogP contribution >= 0.6 is 0 Å². The van der Waals surface area contributed by atoms with E-state index in [0.717, 1.165) is 12.1 Å². The number of nitrogens with one attached hydrogen (secondary N) is 1. The zero-order valence-corrected chi connectivity index (χ0v) is 11.6. The summed E-state index contributed by atoms with van der Waals surface area (Å²) < 4.78 is 62.4. The highest BCUT2D eigenvalue weighted by atomic mass is 32.2. The monoisotopic (exact) mass is 321 g/mol. The van der Waals surface area contributed by atoms with Gasteiger partial charge in [-0.3, -0.25) is 9.11 Å². The van der Waals surface area contributed by atoms with Crippen molar-refractivity contribution in [2.24, 2.45) is 0 Å². The molecule has 110 valence electrons. The summed E-state index contributed by atoms with van der Waals surface area (Å²) in [7, 11) is -9.34. The molecule has 0 saturated carbocycles. The number of aliphatic hydroxyl groups is 1. The predicted octanol–water partition coefficient (Wildman–Crippen LogP) is -0.176. The van der Waals surface area contributed by atoms with E-state index < -0.39 is 42.9 Å². The molecule has 1 aliphatic rings. The second kappa shape index (κ2) is 4.33. The fourth-order valence-corrected chi connectivity index (χ4v) is 3.28. The van der Waals surface area contributed by atoms with E-state index in [-0.39, 0.29) is 16.8 Å². The quantitative estimate of drug-likeness (QED) is 0.551. The van der Waals surface area contributed by atoms with E-state index in [1.165, 1.54) is 6.07 Å². The van der Waals surface area contributed by atoms with Crippen LogP contribution in [-0.4, -0.2) is 41.7 Å². The number of hydrogen-bond donors (Lipinski definition) is 4. The van der Waals surface area contributed by atoms with Crippen molar-refractivity contribution in [3.8, 4) is 0 Å². The van der Waals surface area contributed by atoms with Crippen LogP contribution in [0.2, 0.25) is 0 Å². The van der Waals surface area contributed by atoms with Crippen LogP contribution in [-0.2, 0) is 26.7 Å². The zero-order valence-electron chi connectivity index (χ0n) is 9.94. The van der Waals surface area contributed by atoms with Crippen molar-refractivity contribution in [3.63, 3.8) is 0 Å². The van der Waals surface area contributed by atoms with E-state index in [0.29, 0.717) is 0 Å². The molecule has 0 heterocycles. The van der Waals surface area contributed by atoms with Gasteiger partial charge in [0.2, 0.25) is 4.93 Å². The number of benzene rings is 1. The van der Waals surface area contributed by atoms with Crippen LogP contribution in [0.1, 0.15) is 17.5 Å². The molecule has 4 N–H and O–H groups in total. The molecular formula is C10H11NO7S2. The van der Waals surface area contributed by atoms with Gasteiger partial charge in [0, 0.05) is 18.6 Å². The van der Waals surface area contributed by atoms with Gasteiger partial charge in [-0.15, -0.1) is 0 Å². The maximum Gasteiger partial charge on any atom is 0.295 e. The van der Waals surface area contributed by atoms with Crippen molar-refractivity contribution in [3.05, 3.63) is 29.3 Å². The van der Waals surface area contributed by atoms with Gasteiger partial charge >= 0.3 is 0 Å². The zero-order chi connectivity index (χ0) is 15.3. The highest BCUT2D eigenvalue weighted by Gasteiger charge is 2.45. The van der Waals surface area contributed by atoms with Crippen molar-refractivity contribution in [2.75, 3.05) is 0 Å². The van der Waals surface area contributed by atoms with Gasteiger partial charge in [0.1, 0.15) is 0 Å². The molecule has 0 amide bonds. The lowest BCUT2D eigenvalue weighted by atomic mass is 9.88. The lowest BCUT2D eigenvalue weighted by molar-refractivity contribution is 0.118. The molecule has 8 nitrogen and oxygen atoms in total. The Bertz CT molecular complexity index is 797. The Morgan fingerprint density at radius 2 is 1.70 bits per heavy atom. The Balaban J connectivity index is 2.62. The highest BCUT2D eigenvalue weighted by molar-refractivity contribution is 7.87. The number of hydrogen-bond acceptors (Lipinski definition) is 6. The Hall–Kier alpha value is -1.33. The average molecular weight is 321 g/mol. The first kappa shape index (κ1) is 15.1. The number of rotatable bonds is 2. The number of fused-ring (bicyclic) bond motifs is 1. The van der Waals surface area contributed by atoms with Gasteiger partial charge in [0.15, 0.2) is 0 Å². The molecule has 1 aromatic carbocycles. The summed E-state index contributed by atoms with van der Waals surface area (Å²) in [5, 5.41) is 17.6. The van der Waals surface area contributed by atoms with Crippen LogP contribution < -0.4 is 0 Å². The second-order valence-corrected chi connectivity index (χ2v) is 7.68. The predicted molar refractivity (Wildman–Crippen MR) is 67.9 cm³/mol. The molecule has 0 bridgehead atoms. The van der Waals surface area contributed by atoms with Crippen LogP contribution in [0, 0.1) is 5.41 Å². The Labute approximate surface area is 115 Å². The maximum absolute atomic E-state index is 11.2. The van der Waals surface area contributed by atoms with Crippen molar-refractivity contribution in [1.29, 1.82) is 5.41 Å². The van der Waals surface area contributed by atoms with Crippen LogP contribution in [0.25, 0.3) is 0 Å². The van der Waals surface area contributed by atoms with Gasteiger partial charge in [0.05, 0.1) is 4.90 Å². The molecule has 1 aromatic rings. The largest absolute Gasteiger partial charge is 0.372 e. The van der Waals surface area contributed by atoms with E-state index in [4.69, 9.17) is 14.5 Å². The van der Waals surface area contributed by atoms with E-state index in [2.05, 4.69) is 0 Å². The average Bonchev–Trinajstić information content (AvgIpc) is 2.25. The third kappa shape index (κ3) is 2.47. The standard InChI is InChI=1S/C10H11NO7S2/c11-9-5-10(12,20(16,17)18)4-6-3-7(19(13,14)15)1-2-8(6)9/h1-3,11-12H,4-5H2,(H,13,14,15)(H,16,17,18). The molecule has 20 heavy (non-hydrogen) atoms. The molecule has 0 fully saturated rings. The third-order valence-electron chi connectivity index (χ3n) is 3.10. The molecule has 1 aliphatic carbocycles. The van der Waals surface area contributed by atoms with Crippen molar-refractivity contribution in [2.45, 2.75) is 22.7 Å². The molecule has 0 aromatic heterocycles. The minimum absolute atomic E-state index is 0.0384. The van der Waals surface area contributed by atoms with Crippen molar-refractivity contribution in [1.82, 2.24) is 0 Å². The molecule has 0 aliphatic heterocycles. The van der Waals surface area contributed by atoms with E-state index in [1.807, 2.05) is 0 Å². The van der Waals surface area contributed by atoms with Gasteiger partial charge in [-0.2, -0.15) is 16.8 Å². The Kier molecular flexibility index (Phi) is 3.26. The van der Waals surface area contributed by atoms with Gasteiger partial charge in [-0.1, -0.05) is 6.07 Å². The van der Waals surface area contributed by atoms with E-state index in [1.54, 1.807) is 0 Å². The second-order valence-electron chi connectivity index (χ2n) is 4.55. The summed E-state index contributed by atoms with van der Waals surface area (Å²) in [5.41, 5.74) is 0.0375. The van der Waals surface area contributed by atoms with Gasteiger partial charge in [0.25, 0.3) is 20.2 Å². The van der Waals surface area contributed by atoms with Crippen LogP contribution in [0.15, 0.2) is 23.1 Å². The fourth-order valence-electron chi connectivity index (χ4n) is 2.09. The first-order valence-electron chi connectivity index (χ1n) is 5.32. The van der Waals surface area contributed by atoms with E-state index >= 15 is 0 Å². The van der Waals surface area contributed by atoms with Crippen LogP contribution in [0.5, 0.6) is 0 Å². The topological polar surface area (TPSA) is 153 Å². The third-order valence-corrected chi connectivity index (χ3v) is 5.20. The summed E-state index contributed by atoms with van der Waals surface area (Å²) in [5.74, 6) is 0. The molecule has 1 unspecified atom stereocenters. The van der Waals surface area contributed by atoms with Gasteiger partial charge in [-0.25, -0.2) is 0 Å². The lowest BCUT2D eigenvalue weighted by Crippen LogP contribution is -2.45. The van der Waals surface area contributed by atoms with Crippen LogP contribution in [0.3, 0.4) is 0 Å². The summed E-state index contributed by atoms with van der Waals surface area (Å²) in [4.78, 5) is -3.06. The van der Waals surface area contributed by atoms with Crippen LogP contribution in [0.4, 0.5) is 0 Å². The summed E-state index contributed by atoms with van der Waals surface area (Å²) in [6.45, 7) is 0. The minimum Gasteiger partial charge on any atom is -0.372 e. The van der Waals surface area contributed by atoms with Crippen molar-refractivity contribution >= 4 is 25.9 Å². The summed E-state index contributed by atoms with van der Waals surface area (Å²) >= 11 is 0. The smallest absolute Gasteiger partial charge is 0.295 e. The normalized spacial score (nSPS) is 23.4.